The van der Waals surface area contributed by atoms with Crippen molar-refractivity contribution in [3.05, 3.63) is 65.2 Å². The summed E-state index contributed by atoms with van der Waals surface area (Å²) in [6.45, 7) is 8.91. The maximum atomic E-state index is 12.4. The minimum absolute atomic E-state index is 0.123. The molecule has 0 radical (unpaired) electrons. The maximum absolute atomic E-state index is 12.4. The van der Waals surface area contributed by atoms with E-state index in [4.69, 9.17) is 0 Å². The number of hydrogen-bond acceptors (Lipinski definition) is 3. The highest BCUT2D eigenvalue weighted by atomic mass is 16.2. The van der Waals surface area contributed by atoms with Crippen LogP contribution in [0.4, 0.5) is 5.69 Å². The van der Waals surface area contributed by atoms with Crippen molar-refractivity contribution in [1.29, 1.82) is 0 Å². The molecule has 2 aromatic carbocycles. The molecule has 2 heterocycles. The van der Waals surface area contributed by atoms with Gasteiger partial charge >= 0.3 is 0 Å². The SMILES string of the molecule is CC1N(CCCCCCCCCCCCCCCCN2C(=O)c3ccccc3C2=O)c2ccccc2C1(C)C. The van der Waals surface area contributed by atoms with Gasteiger partial charge in [-0.3, -0.25) is 14.5 Å². The fourth-order valence-corrected chi connectivity index (χ4v) is 6.52. The smallest absolute Gasteiger partial charge is 0.261 e. The van der Waals surface area contributed by atoms with Crippen LogP contribution in [0.2, 0.25) is 0 Å². The van der Waals surface area contributed by atoms with Crippen molar-refractivity contribution in [3.63, 3.8) is 0 Å². The van der Waals surface area contributed by atoms with Crippen molar-refractivity contribution in [1.82, 2.24) is 4.90 Å². The molecule has 2 amide bonds. The molecule has 2 aliphatic heterocycles. The predicted octanol–water partition coefficient (Wildman–Crippen LogP) is 8.93. The first-order valence-electron chi connectivity index (χ1n) is 15.7. The Morgan fingerprint density at radius 1 is 0.590 bits per heavy atom. The third-order valence-corrected chi connectivity index (χ3v) is 9.33. The van der Waals surface area contributed by atoms with Gasteiger partial charge in [-0.25, -0.2) is 0 Å². The number of imide groups is 1. The highest BCUT2D eigenvalue weighted by Gasteiger charge is 2.41. The average Bonchev–Trinajstić information content (AvgIpc) is 3.30. The van der Waals surface area contributed by atoms with Gasteiger partial charge in [0.25, 0.3) is 11.8 Å². The fourth-order valence-electron chi connectivity index (χ4n) is 6.52. The number of nitrogens with zero attached hydrogens (tertiary/aromatic N) is 2. The molecule has 0 aromatic heterocycles. The summed E-state index contributed by atoms with van der Waals surface area (Å²) in [7, 11) is 0. The Balaban J connectivity index is 0.936. The second-order valence-electron chi connectivity index (χ2n) is 12.4. The lowest BCUT2D eigenvalue weighted by atomic mass is 9.81. The molecule has 0 saturated carbocycles. The number of rotatable bonds is 17. The van der Waals surface area contributed by atoms with Crippen LogP contribution in [0.5, 0.6) is 0 Å². The normalized spacial score (nSPS) is 17.7. The van der Waals surface area contributed by atoms with Crippen LogP contribution in [0.15, 0.2) is 48.5 Å². The first-order valence-corrected chi connectivity index (χ1v) is 15.7. The largest absolute Gasteiger partial charge is 0.368 e. The summed E-state index contributed by atoms with van der Waals surface area (Å²) in [6.07, 6.45) is 18.0. The van der Waals surface area contributed by atoms with E-state index in [-0.39, 0.29) is 17.2 Å². The summed E-state index contributed by atoms with van der Waals surface area (Å²) in [5, 5.41) is 0. The van der Waals surface area contributed by atoms with Gasteiger partial charge in [0.05, 0.1) is 11.1 Å². The summed E-state index contributed by atoms with van der Waals surface area (Å²) in [5.74, 6) is -0.245. The molecule has 0 saturated heterocycles. The Labute approximate surface area is 237 Å². The monoisotopic (exact) mass is 530 g/mol. The van der Waals surface area contributed by atoms with Crippen molar-refractivity contribution in [2.75, 3.05) is 18.0 Å². The molecule has 39 heavy (non-hydrogen) atoms. The second-order valence-corrected chi connectivity index (χ2v) is 12.4. The number of unbranched alkanes of at least 4 members (excludes halogenated alkanes) is 13. The molecule has 2 aliphatic rings. The van der Waals surface area contributed by atoms with Crippen molar-refractivity contribution in [2.45, 2.75) is 122 Å². The van der Waals surface area contributed by atoms with Crippen LogP contribution in [0.1, 0.15) is 137 Å². The Bertz CT molecular complexity index is 1060. The predicted molar refractivity (Wildman–Crippen MR) is 163 cm³/mol. The lowest BCUT2D eigenvalue weighted by molar-refractivity contribution is 0.0651. The molecule has 0 aliphatic carbocycles. The van der Waals surface area contributed by atoms with Gasteiger partial charge in [0.1, 0.15) is 0 Å². The second kappa shape index (κ2) is 14.1. The summed E-state index contributed by atoms with van der Waals surface area (Å²) in [4.78, 5) is 28.9. The fraction of sp³-hybridized carbons (Fsp3) is 0.600. The van der Waals surface area contributed by atoms with Crippen molar-refractivity contribution in [3.8, 4) is 0 Å². The van der Waals surface area contributed by atoms with Crippen LogP contribution in [0.3, 0.4) is 0 Å². The van der Waals surface area contributed by atoms with Gasteiger partial charge in [0, 0.05) is 30.2 Å². The Hall–Kier alpha value is -2.62. The van der Waals surface area contributed by atoms with E-state index < -0.39 is 0 Å². The molecule has 0 N–H and O–H groups in total. The zero-order valence-corrected chi connectivity index (χ0v) is 24.7. The number of carbonyl (C=O) groups excluding carboxylic acids is 2. The average molecular weight is 531 g/mol. The third kappa shape index (κ3) is 7.13. The van der Waals surface area contributed by atoms with E-state index in [1.807, 2.05) is 12.1 Å². The quantitative estimate of drug-likeness (QED) is 0.151. The number of anilines is 1. The molecule has 4 rings (SSSR count). The van der Waals surface area contributed by atoms with Crippen LogP contribution >= 0.6 is 0 Å². The van der Waals surface area contributed by atoms with Gasteiger partial charge in [-0.15, -0.1) is 0 Å². The molecule has 0 fully saturated rings. The topological polar surface area (TPSA) is 40.6 Å². The number of hydrogen-bond donors (Lipinski definition) is 0. The van der Waals surface area contributed by atoms with Crippen LogP contribution in [0.25, 0.3) is 0 Å². The molecule has 212 valence electrons. The van der Waals surface area contributed by atoms with Gasteiger partial charge in [-0.05, 0) is 43.5 Å². The minimum Gasteiger partial charge on any atom is -0.368 e. The molecule has 1 unspecified atom stereocenters. The lowest BCUT2D eigenvalue weighted by Gasteiger charge is -2.31. The first-order chi connectivity index (χ1) is 18.9. The van der Waals surface area contributed by atoms with Gasteiger partial charge in [-0.1, -0.05) is 121 Å². The van der Waals surface area contributed by atoms with Crippen LogP contribution in [-0.4, -0.2) is 35.8 Å². The Kier molecular flexibility index (Phi) is 10.6. The third-order valence-electron chi connectivity index (χ3n) is 9.33. The van der Waals surface area contributed by atoms with Crippen LogP contribution in [-0.2, 0) is 5.41 Å². The van der Waals surface area contributed by atoms with Crippen molar-refractivity contribution in [2.24, 2.45) is 0 Å². The molecule has 4 heteroatoms. The van der Waals surface area contributed by atoms with Crippen LogP contribution in [0, 0.1) is 0 Å². The van der Waals surface area contributed by atoms with Crippen LogP contribution < -0.4 is 4.90 Å². The van der Waals surface area contributed by atoms with Gasteiger partial charge in [0.2, 0.25) is 0 Å². The summed E-state index contributed by atoms with van der Waals surface area (Å²) >= 11 is 0. The van der Waals surface area contributed by atoms with E-state index >= 15 is 0 Å². The number of para-hydroxylation sites is 1. The van der Waals surface area contributed by atoms with E-state index in [0.29, 0.717) is 23.7 Å². The zero-order valence-electron chi connectivity index (χ0n) is 24.7. The molecular weight excluding hydrogens is 480 g/mol. The number of amides is 2. The maximum Gasteiger partial charge on any atom is 0.261 e. The summed E-state index contributed by atoms with van der Waals surface area (Å²) < 4.78 is 0. The number of carbonyl (C=O) groups is 2. The van der Waals surface area contributed by atoms with Gasteiger partial charge < -0.3 is 4.90 Å². The Morgan fingerprint density at radius 2 is 1.00 bits per heavy atom. The standard InChI is InChI=1S/C35H50N2O2/c1-28-35(2,3)31-24-18-19-25-32(31)36(28)26-20-14-12-10-8-6-4-5-7-9-11-13-15-21-27-37-33(38)29-22-16-17-23-30(29)34(37)39/h16-19,22-25,28H,4-15,20-21,26-27H2,1-3H3. The molecule has 2 aromatic rings. The van der Waals surface area contributed by atoms with E-state index in [2.05, 4.69) is 49.9 Å². The number of benzene rings is 2. The summed E-state index contributed by atoms with van der Waals surface area (Å²) in [6, 6.07) is 16.7. The molecular formula is C35H50N2O2. The van der Waals surface area contributed by atoms with Gasteiger partial charge in [-0.2, -0.15) is 0 Å². The molecule has 0 bridgehead atoms. The highest BCUT2D eigenvalue weighted by Crippen LogP contribution is 2.44. The Morgan fingerprint density at radius 3 is 1.51 bits per heavy atom. The zero-order chi connectivity index (χ0) is 27.7. The first kappa shape index (κ1) is 29.4. The van der Waals surface area contributed by atoms with Crippen molar-refractivity contribution < 1.29 is 9.59 Å². The molecule has 1 atom stereocenters. The minimum atomic E-state index is -0.123. The lowest BCUT2D eigenvalue weighted by Crippen LogP contribution is -2.39. The highest BCUT2D eigenvalue weighted by molar-refractivity contribution is 6.21. The van der Waals surface area contributed by atoms with E-state index in [1.54, 1.807) is 12.1 Å². The number of fused-ring (bicyclic) bond motifs is 2. The van der Waals surface area contributed by atoms with Crippen molar-refractivity contribution >= 4 is 17.5 Å². The van der Waals surface area contributed by atoms with E-state index in [9.17, 15) is 9.59 Å². The summed E-state index contributed by atoms with van der Waals surface area (Å²) in [5.41, 5.74) is 4.32. The van der Waals surface area contributed by atoms with Gasteiger partial charge in [0.15, 0.2) is 0 Å². The molecule has 0 spiro atoms. The van der Waals surface area contributed by atoms with E-state index in [1.165, 1.54) is 99.7 Å². The van der Waals surface area contributed by atoms with E-state index in [0.717, 1.165) is 12.8 Å². The molecule has 4 nitrogen and oxygen atoms in total.